The molecule has 2 rings (SSSR count). The Hall–Kier alpha value is -1.41. The maximum Gasteiger partial charge on any atom is 0.259 e. The van der Waals surface area contributed by atoms with Gasteiger partial charge in [-0.25, -0.2) is 13.1 Å². The van der Waals surface area contributed by atoms with E-state index in [0.29, 0.717) is 6.54 Å². The minimum Gasteiger partial charge on any atom is -0.330 e. The first-order valence-corrected chi connectivity index (χ1v) is 8.25. The number of aryl methyl sites for hydroxylation is 1. The van der Waals surface area contributed by atoms with Gasteiger partial charge in [0.15, 0.2) is 5.03 Å². The Bertz CT molecular complexity index is 691. The van der Waals surface area contributed by atoms with Crippen LogP contribution in [0.4, 0.5) is 0 Å². The van der Waals surface area contributed by atoms with Crippen LogP contribution >= 0.6 is 11.6 Å². The van der Waals surface area contributed by atoms with Crippen LogP contribution in [-0.4, -0.2) is 24.7 Å². The molecule has 3 N–H and O–H groups in total. The molecule has 21 heavy (non-hydrogen) atoms. The lowest BCUT2D eigenvalue weighted by Crippen LogP contribution is -2.25. The summed E-state index contributed by atoms with van der Waals surface area (Å²) in [7, 11) is -2.17. The number of sulfonamides is 1. The number of benzene rings is 1. The average molecular weight is 329 g/mol. The first kappa shape index (κ1) is 16.0. The molecule has 1 aromatic heterocycles. The summed E-state index contributed by atoms with van der Waals surface area (Å²) in [6, 6.07) is 7.62. The second-order valence-corrected chi connectivity index (χ2v) is 6.69. The number of rotatable bonds is 6. The molecule has 8 heteroatoms. The van der Waals surface area contributed by atoms with Gasteiger partial charge >= 0.3 is 0 Å². The predicted molar refractivity (Wildman–Crippen MR) is 81.4 cm³/mol. The normalized spacial score (nSPS) is 11.8. The number of nitrogens with two attached hydrogens (primary N) is 1. The fourth-order valence-corrected chi connectivity index (χ4v) is 3.61. The summed E-state index contributed by atoms with van der Waals surface area (Å²) in [4.78, 5) is 0. The minimum absolute atomic E-state index is 0.0380. The van der Waals surface area contributed by atoms with E-state index in [2.05, 4.69) is 9.82 Å². The molecule has 0 atom stereocenters. The van der Waals surface area contributed by atoms with Gasteiger partial charge in [0, 0.05) is 13.6 Å². The fourth-order valence-electron chi connectivity index (χ4n) is 1.94. The summed E-state index contributed by atoms with van der Waals surface area (Å²) < 4.78 is 28.2. The molecule has 0 bridgehead atoms. The smallest absolute Gasteiger partial charge is 0.259 e. The molecule has 0 fully saturated rings. The maximum atomic E-state index is 12.2. The summed E-state index contributed by atoms with van der Waals surface area (Å²) in [6.45, 7) is 0.776. The minimum atomic E-state index is -3.70. The highest BCUT2D eigenvalue weighted by atomic mass is 35.5. The Morgan fingerprint density at radius 2 is 1.90 bits per heavy atom. The van der Waals surface area contributed by atoms with Crippen molar-refractivity contribution in [2.24, 2.45) is 12.8 Å². The first-order chi connectivity index (χ1) is 9.94. The second-order valence-electron chi connectivity index (χ2n) is 4.60. The molecule has 0 amide bonds. The monoisotopic (exact) mass is 328 g/mol. The Labute approximate surface area is 129 Å². The highest BCUT2D eigenvalue weighted by Crippen LogP contribution is 2.19. The molecule has 2 aromatic rings. The molecule has 0 aliphatic carbocycles. The largest absolute Gasteiger partial charge is 0.330 e. The van der Waals surface area contributed by atoms with Crippen molar-refractivity contribution in [2.45, 2.75) is 18.0 Å². The van der Waals surface area contributed by atoms with E-state index in [1.165, 1.54) is 17.9 Å². The van der Waals surface area contributed by atoms with E-state index in [4.69, 9.17) is 17.3 Å². The van der Waals surface area contributed by atoms with Crippen LogP contribution in [0.2, 0.25) is 5.02 Å². The van der Waals surface area contributed by atoms with Gasteiger partial charge in [-0.3, -0.25) is 4.68 Å². The van der Waals surface area contributed by atoms with Gasteiger partial charge in [-0.1, -0.05) is 35.9 Å². The quantitative estimate of drug-likeness (QED) is 0.829. The lowest BCUT2D eigenvalue weighted by Gasteiger charge is -2.08. The molecule has 1 heterocycles. The summed E-state index contributed by atoms with van der Waals surface area (Å²) in [5, 5.41) is 3.89. The zero-order valence-electron chi connectivity index (χ0n) is 11.6. The molecule has 0 aliphatic heterocycles. The first-order valence-electron chi connectivity index (χ1n) is 6.39. The van der Waals surface area contributed by atoms with Crippen LogP contribution in [-0.2, 0) is 30.0 Å². The Kier molecular flexibility index (Phi) is 5.00. The van der Waals surface area contributed by atoms with Crippen molar-refractivity contribution < 1.29 is 8.42 Å². The molecule has 0 saturated heterocycles. The molecule has 0 aliphatic rings. The zero-order chi connectivity index (χ0) is 15.5. The molecule has 1 aromatic carbocycles. The van der Waals surface area contributed by atoms with Gasteiger partial charge in [0.25, 0.3) is 10.0 Å². The molecule has 0 radical (unpaired) electrons. The number of nitrogens with zero attached hydrogens (tertiary/aromatic N) is 2. The predicted octanol–water partition coefficient (Wildman–Crippen LogP) is 1.05. The molecule has 0 saturated carbocycles. The van der Waals surface area contributed by atoms with Crippen LogP contribution in [0.3, 0.4) is 0 Å². The Morgan fingerprint density at radius 1 is 1.29 bits per heavy atom. The molecule has 6 nitrogen and oxygen atoms in total. The van der Waals surface area contributed by atoms with Gasteiger partial charge in [-0.15, -0.1) is 0 Å². The third-order valence-electron chi connectivity index (χ3n) is 3.02. The summed E-state index contributed by atoms with van der Waals surface area (Å²) in [6.07, 6.45) is 2.11. The third-order valence-corrected chi connectivity index (χ3v) is 4.93. The summed E-state index contributed by atoms with van der Waals surface area (Å²) in [5.74, 6) is 0. The van der Waals surface area contributed by atoms with E-state index in [9.17, 15) is 8.42 Å². The summed E-state index contributed by atoms with van der Waals surface area (Å²) in [5.41, 5.74) is 7.47. The SMILES string of the molecule is Cn1ncc(Cl)c1S(=O)(=O)NCc1ccc(CCN)cc1. The standard InChI is InChI=1S/C13H17ClN4O2S/c1-18-13(12(14)9-16-18)21(19,20)17-8-11-4-2-10(3-5-11)6-7-15/h2-5,9,17H,6-8,15H2,1H3. The third kappa shape index (κ3) is 3.82. The number of hydrogen-bond acceptors (Lipinski definition) is 4. The van der Waals surface area contributed by atoms with Crippen molar-refractivity contribution in [3.8, 4) is 0 Å². The highest BCUT2D eigenvalue weighted by Gasteiger charge is 2.22. The van der Waals surface area contributed by atoms with Crippen LogP contribution in [0.15, 0.2) is 35.5 Å². The highest BCUT2D eigenvalue weighted by molar-refractivity contribution is 7.89. The summed E-state index contributed by atoms with van der Waals surface area (Å²) >= 11 is 5.85. The van der Waals surface area contributed by atoms with Crippen molar-refractivity contribution in [3.63, 3.8) is 0 Å². The van der Waals surface area contributed by atoms with E-state index >= 15 is 0 Å². The van der Waals surface area contributed by atoms with Gasteiger partial charge in [0.05, 0.1) is 11.2 Å². The number of halogens is 1. The van der Waals surface area contributed by atoms with E-state index in [0.717, 1.165) is 17.5 Å². The number of nitrogens with one attached hydrogen (secondary N) is 1. The molecular formula is C13H17ClN4O2S. The zero-order valence-corrected chi connectivity index (χ0v) is 13.2. The van der Waals surface area contributed by atoms with Crippen molar-refractivity contribution in [3.05, 3.63) is 46.6 Å². The van der Waals surface area contributed by atoms with Gasteiger partial charge in [-0.05, 0) is 24.1 Å². The van der Waals surface area contributed by atoms with Gasteiger partial charge < -0.3 is 5.73 Å². The van der Waals surface area contributed by atoms with Crippen molar-refractivity contribution in [1.82, 2.24) is 14.5 Å². The van der Waals surface area contributed by atoms with E-state index < -0.39 is 10.0 Å². The van der Waals surface area contributed by atoms with Gasteiger partial charge in [0.2, 0.25) is 0 Å². The van der Waals surface area contributed by atoms with E-state index in [1.54, 1.807) is 0 Å². The average Bonchev–Trinajstić information content (AvgIpc) is 2.78. The molecule has 0 spiro atoms. The lowest BCUT2D eigenvalue weighted by molar-refractivity contribution is 0.563. The Balaban J connectivity index is 2.08. The molecule has 0 unspecified atom stereocenters. The molecular weight excluding hydrogens is 312 g/mol. The van der Waals surface area contributed by atoms with Crippen LogP contribution in [0.1, 0.15) is 11.1 Å². The maximum absolute atomic E-state index is 12.2. The van der Waals surface area contributed by atoms with Crippen LogP contribution in [0, 0.1) is 0 Å². The fraction of sp³-hybridized carbons (Fsp3) is 0.308. The van der Waals surface area contributed by atoms with Crippen LogP contribution in [0.5, 0.6) is 0 Å². The Morgan fingerprint density at radius 3 is 2.43 bits per heavy atom. The van der Waals surface area contributed by atoms with Crippen molar-refractivity contribution >= 4 is 21.6 Å². The van der Waals surface area contributed by atoms with E-state index in [-0.39, 0.29) is 16.6 Å². The van der Waals surface area contributed by atoms with Crippen LogP contribution in [0.25, 0.3) is 0 Å². The number of aromatic nitrogens is 2. The van der Waals surface area contributed by atoms with Crippen molar-refractivity contribution in [2.75, 3.05) is 6.54 Å². The number of hydrogen-bond donors (Lipinski definition) is 2. The van der Waals surface area contributed by atoms with Crippen molar-refractivity contribution in [1.29, 1.82) is 0 Å². The topological polar surface area (TPSA) is 90.0 Å². The second kappa shape index (κ2) is 6.57. The molecule has 114 valence electrons. The van der Waals surface area contributed by atoms with Crippen LogP contribution < -0.4 is 10.5 Å². The van der Waals surface area contributed by atoms with Gasteiger partial charge in [0.1, 0.15) is 0 Å². The van der Waals surface area contributed by atoms with Gasteiger partial charge in [-0.2, -0.15) is 5.10 Å². The lowest BCUT2D eigenvalue weighted by atomic mass is 10.1. The van der Waals surface area contributed by atoms with E-state index in [1.807, 2.05) is 24.3 Å².